The highest BCUT2D eigenvalue weighted by molar-refractivity contribution is 7.27. The molecule has 26 aromatic rings. The van der Waals surface area contributed by atoms with E-state index in [9.17, 15) is 0 Å². The lowest BCUT2D eigenvalue weighted by atomic mass is 10.0. The molecule has 30 rings (SSSR count). The van der Waals surface area contributed by atoms with Gasteiger partial charge >= 0.3 is 0 Å². The molecule has 9 aromatic heterocycles. The van der Waals surface area contributed by atoms with Gasteiger partial charge in [0.1, 0.15) is 16.7 Å². The molecule has 0 bridgehead atoms. The summed E-state index contributed by atoms with van der Waals surface area (Å²) in [6, 6.07) is 124. The van der Waals surface area contributed by atoms with Crippen LogP contribution in [0, 0.1) is 0 Å². The van der Waals surface area contributed by atoms with E-state index in [0.29, 0.717) is 0 Å². The van der Waals surface area contributed by atoms with E-state index in [4.69, 9.17) is 8.83 Å². The maximum atomic E-state index is 6.55. The van der Waals surface area contributed by atoms with E-state index in [0.717, 1.165) is 62.7 Å². The Bertz CT molecular complexity index is 8730. The average Bonchev–Trinajstić information content (AvgIpc) is 1.53. The smallest absolute Gasteiger partial charge is 0.159 e. The van der Waals surface area contributed by atoms with Crippen LogP contribution in [-0.2, 0) is 6.42 Å². The molecule has 17 aromatic carbocycles. The number of para-hydroxylation sites is 12. The van der Waals surface area contributed by atoms with E-state index < -0.39 is 0 Å². The quantitative estimate of drug-likeness (QED) is 0.176. The molecule has 8 nitrogen and oxygen atoms in total. The van der Waals surface area contributed by atoms with Crippen molar-refractivity contribution >= 4 is 283 Å². The molecule has 0 amide bonds. The van der Waals surface area contributed by atoms with E-state index >= 15 is 0 Å². The summed E-state index contributed by atoms with van der Waals surface area (Å²) in [4.78, 5) is 8.88. The minimum atomic E-state index is 0.917. The number of anilines is 9. The highest BCUT2D eigenvalue weighted by Gasteiger charge is 2.36. The second-order valence-corrected chi connectivity index (χ2v) is 36.1. The number of aromatic nitrogens is 3. The van der Waals surface area contributed by atoms with E-state index in [1.807, 2.05) is 57.5 Å². The molecule has 0 unspecified atom stereocenters. The molecule has 12 heteroatoms. The number of allylic oxidation sites excluding steroid dienone is 1. The second kappa shape index (κ2) is 24.6. The first-order valence-electron chi connectivity index (χ1n) is 40.9. The summed E-state index contributed by atoms with van der Waals surface area (Å²) in [5.41, 5.74) is 26.9. The lowest BCUT2D eigenvalue weighted by Crippen LogP contribution is -2.18. The van der Waals surface area contributed by atoms with Crippen LogP contribution < -0.4 is 14.7 Å². The molecule has 3 aliphatic heterocycles. The van der Waals surface area contributed by atoms with Crippen LogP contribution in [0.2, 0.25) is 0 Å². The van der Waals surface area contributed by atoms with Crippen LogP contribution in [0.5, 0.6) is 0 Å². The minimum Gasteiger partial charge on any atom is -0.456 e. The average molecular weight is 1600 g/mol. The molecule has 12 heterocycles. The number of nitrogens with zero attached hydrogens (tertiary/aromatic N) is 6. The van der Waals surface area contributed by atoms with Crippen LogP contribution in [0.4, 0.5) is 51.2 Å². The maximum absolute atomic E-state index is 6.55. The predicted octanol–water partition coefficient (Wildman–Crippen LogP) is 32.8. The van der Waals surface area contributed by atoms with Gasteiger partial charge in [-0.1, -0.05) is 224 Å². The number of thiophene rings is 4. The van der Waals surface area contributed by atoms with Crippen molar-refractivity contribution in [2.24, 2.45) is 0 Å². The van der Waals surface area contributed by atoms with Crippen LogP contribution in [0.15, 0.2) is 355 Å². The zero-order valence-electron chi connectivity index (χ0n) is 64.0. The van der Waals surface area contributed by atoms with Crippen molar-refractivity contribution in [2.75, 3.05) is 14.7 Å². The summed E-state index contributed by atoms with van der Waals surface area (Å²) in [6.07, 6.45) is 6.91. The van der Waals surface area contributed by atoms with Crippen molar-refractivity contribution in [2.45, 2.75) is 12.8 Å². The van der Waals surface area contributed by atoms with Gasteiger partial charge in [0, 0.05) is 115 Å². The Morgan fingerprint density at radius 3 is 1.27 bits per heavy atom. The van der Waals surface area contributed by atoms with Gasteiger partial charge in [-0.05, 0) is 146 Å². The molecule has 1 aliphatic carbocycles. The zero-order chi connectivity index (χ0) is 77.8. The van der Waals surface area contributed by atoms with Crippen LogP contribution >= 0.6 is 45.3 Å². The van der Waals surface area contributed by atoms with Crippen LogP contribution in [0.3, 0.4) is 0 Å². The topological polar surface area (TPSA) is 50.8 Å². The maximum Gasteiger partial charge on any atom is 0.159 e. The third-order valence-corrected chi connectivity index (χ3v) is 30.6. The molecule has 560 valence electrons. The van der Waals surface area contributed by atoms with Gasteiger partial charge in [-0.3, -0.25) is 0 Å². The summed E-state index contributed by atoms with van der Waals surface area (Å²) < 4.78 is 29.7. The standard InChI is InChI=1S/C36H20N2OS.C36H22N2OS.C36H20N2S2/c1-5-17-30-23(10-1)34-31(39-30)20-19-27-33(34)24-12-8-15-28-35(24)38(27)26-14-4-3-13-25(26)37(28)29-16-7-11-22-21-9-2-6-18-32(21)40-36(22)29;1-5-17-31-21(9-1)25-12-8-16-30(35(25)39-31)37-27-13-3-4-14-28(27)38-33-23(11-7-15-29(33)37)24-19-20-26-22-10-2-6-18-32(22)40-36(26)34(24)38;1-5-17-30-21(9-1)22-11-7-16-29(36(22)40-30)37-25-13-3-4-14-26(25)38-27-19-20-32-34(23-10-2-6-18-31(23)39-32)33(27)24-12-8-15-28(37)35(24)38/h1-20H;1-5,7-17,19-20H,6,18H2;1-20H. The molecule has 0 saturated carbocycles. The van der Waals surface area contributed by atoms with Crippen molar-refractivity contribution in [1.29, 1.82) is 0 Å². The minimum absolute atomic E-state index is 0.917. The normalized spacial score (nSPS) is 13.3. The third kappa shape index (κ3) is 8.80. The first-order chi connectivity index (χ1) is 59.6. The number of rotatable bonds is 3. The van der Waals surface area contributed by atoms with Crippen molar-refractivity contribution in [1.82, 2.24) is 13.7 Å². The van der Waals surface area contributed by atoms with Crippen LogP contribution in [0.1, 0.15) is 16.9 Å². The molecule has 120 heavy (non-hydrogen) atoms. The lowest BCUT2D eigenvalue weighted by Gasteiger charge is -2.33. The third-order valence-electron chi connectivity index (χ3n) is 25.7. The van der Waals surface area contributed by atoms with Crippen molar-refractivity contribution < 1.29 is 8.83 Å². The van der Waals surface area contributed by atoms with E-state index in [2.05, 4.69) is 368 Å². The van der Waals surface area contributed by atoms with Crippen molar-refractivity contribution in [3.63, 3.8) is 0 Å². The number of aryl methyl sites for hydroxylation is 1. The Labute approximate surface area is 700 Å². The molecule has 0 radical (unpaired) electrons. The fraction of sp³-hybridized carbons (Fsp3) is 0.0185. The van der Waals surface area contributed by atoms with Gasteiger partial charge in [0.2, 0.25) is 0 Å². The van der Waals surface area contributed by atoms with Crippen LogP contribution in [0.25, 0.3) is 203 Å². The fourth-order valence-electron chi connectivity index (χ4n) is 20.9. The molecule has 4 aliphatic rings. The number of hydrogen-bond donors (Lipinski definition) is 0. The predicted molar refractivity (Wildman–Crippen MR) is 513 cm³/mol. The van der Waals surface area contributed by atoms with Gasteiger partial charge in [-0.15, -0.1) is 45.3 Å². The van der Waals surface area contributed by atoms with E-state index in [-0.39, 0.29) is 0 Å². The number of fused-ring (bicyclic) bond motifs is 36. The molecule has 0 atom stereocenters. The Balaban J connectivity index is 0.0000000931. The first kappa shape index (κ1) is 65.6. The SMILES string of the molecule is C1=Cc2c(sc3c2ccc2c4cccc5c4n(c23)-c2ccccc2N5c2cccc3c2oc2ccccc23)CC1.c1ccc2c(c1)N(c1cccc3c1sc1ccccc13)c1cccc3c4c5c(ccc4n-2c13)oc1ccccc15.c1ccc2c(c1)N(c1cccc3c1sc1ccccc13)c1cccc3c4c5c(ccc4n-2c13)sc1ccccc15. The second-order valence-electron chi connectivity index (χ2n) is 31.8. The van der Waals surface area contributed by atoms with Gasteiger partial charge in [-0.2, -0.15) is 0 Å². The Hall–Kier alpha value is -14.5. The van der Waals surface area contributed by atoms with E-state index in [1.165, 1.54) is 209 Å². The summed E-state index contributed by atoms with van der Waals surface area (Å²) in [5.74, 6) is 0. The van der Waals surface area contributed by atoms with Gasteiger partial charge in [0.25, 0.3) is 0 Å². The molecule has 0 spiro atoms. The van der Waals surface area contributed by atoms with Crippen molar-refractivity contribution in [3.05, 3.63) is 356 Å². The zero-order valence-corrected chi connectivity index (χ0v) is 67.3. The molecule has 0 N–H and O–H groups in total. The molecule has 0 saturated heterocycles. The highest BCUT2D eigenvalue weighted by atomic mass is 32.1. The number of benzene rings is 17. The summed E-state index contributed by atoms with van der Waals surface area (Å²) in [7, 11) is 0. The van der Waals surface area contributed by atoms with Gasteiger partial charge < -0.3 is 37.2 Å². The molecule has 0 fully saturated rings. The summed E-state index contributed by atoms with van der Waals surface area (Å²) in [6.45, 7) is 0. The lowest BCUT2D eigenvalue weighted by molar-refractivity contribution is 0.668. The van der Waals surface area contributed by atoms with Gasteiger partial charge in [-0.25, -0.2) is 0 Å². The fourth-order valence-corrected chi connectivity index (χ4v) is 25.8. The van der Waals surface area contributed by atoms with Crippen molar-refractivity contribution in [3.8, 4) is 17.1 Å². The monoisotopic (exact) mass is 1600 g/mol. The Morgan fingerprint density at radius 1 is 0.225 bits per heavy atom. The molecular formula is C108H62N6O2S4. The highest BCUT2D eigenvalue weighted by Crippen LogP contribution is 2.59. The molecular weight excluding hydrogens is 1540 g/mol. The summed E-state index contributed by atoms with van der Waals surface area (Å²) >= 11 is 7.63. The summed E-state index contributed by atoms with van der Waals surface area (Å²) in [5, 5.41) is 21.7. The Kier molecular flexibility index (Phi) is 13.4. The van der Waals surface area contributed by atoms with Gasteiger partial charge in [0.05, 0.1) is 115 Å². The van der Waals surface area contributed by atoms with Gasteiger partial charge in [0.15, 0.2) is 5.58 Å². The first-order valence-corrected chi connectivity index (χ1v) is 44.2. The van der Waals surface area contributed by atoms with Crippen LogP contribution in [-0.4, -0.2) is 13.7 Å². The Morgan fingerprint density at radius 2 is 0.650 bits per heavy atom. The number of furan rings is 2. The number of hydrogen-bond acceptors (Lipinski definition) is 9. The van der Waals surface area contributed by atoms with E-state index in [1.54, 1.807) is 0 Å². The largest absolute Gasteiger partial charge is 0.456 e.